The lowest BCUT2D eigenvalue weighted by Crippen LogP contribution is -2.75. The van der Waals surface area contributed by atoms with Gasteiger partial charge in [-0.25, -0.2) is 10.1 Å². The molecule has 0 aromatic heterocycles. The molecule has 1 aliphatic rings. The summed E-state index contributed by atoms with van der Waals surface area (Å²) in [5.41, 5.74) is -7.30. The third-order valence-electron chi connectivity index (χ3n) is 8.23. The summed E-state index contributed by atoms with van der Waals surface area (Å²) >= 11 is 0. The number of amides is 1. The average molecular weight is 774 g/mol. The van der Waals surface area contributed by atoms with Gasteiger partial charge in [-0.1, -0.05) is 76.5 Å². The number of nitro groups is 1. The van der Waals surface area contributed by atoms with Crippen molar-refractivity contribution in [2.45, 2.75) is 112 Å². The minimum absolute atomic E-state index is 0.124. The lowest BCUT2D eigenvalue weighted by molar-refractivity contribution is -0.484. The summed E-state index contributed by atoms with van der Waals surface area (Å²) in [6, 6.07) is 3.19. The maximum atomic E-state index is 15.4. The second-order valence-corrected chi connectivity index (χ2v) is 11.6. The molecule has 0 aliphatic heterocycles. The van der Waals surface area contributed by atoms with Gasteiger partial charge >= 0.3 is 53.3 Å². The molecule has 0 atom stereocenters. The number of hydrazine groups is 1. The van der Waals surface area contributed by atoms with Crippen LogP contribution in [0.3, 0.4) is 0 Å². The number of carbonyl (C=O) groups is 3. The Balaban J connectivity index is 3.16. The SMILES string of the molecule is CCCCCCCCCCC1(C(=O)N(c2ccccc2)[N+](=O)[O-])C(=O)C(F)(F)C(F)(F)C(F)(F)C(F)(F)C(F)(F)C(F)(F)C(F)(F)C(F)(F)C1=O. The van der Waals surface area contributed by atoms with E-state index in [0.717, 1.165) is 18.2 Å². The summed E-state index contributed by atoms with van der Waals surface area (Å²) in [6.07, 6.45) is -2.51. The van der Waals surface area contributed by atoms with Gasteiger partial charge in [0.25, 0.3) is 0 Å². The molecule has 0 N–H and O–H groups in total. The van der Waals surface area contributed by atoms with Crippen molar-refractivity contribution < 1.29 is 89.7 Å². The van der Waals surface area contributed by atoms with Gasteiger partial charge in [0.1, 0.15) is 5.69 Å². The number of Topliss-reactive ketones (excluding diaryl/α,β-unsaturated/α-hetero) is 2. The number of hydrogen-bond donors (Lipinski definition) is 0. The lowest BCUT2D eigenvalue weighted by Gasteiger charge is -2.42. The van der Waals surface area contributed by atoms with Crippen LogP contribution in [0.25, 0.3) is 0 Å². The van der Waals surface area contributed by atoms with Crippen LogP contribution in [-0.4, -0.2) is 69.9 Å². The van der Waals surface area contributed by atoms with Crippen molar-refractivity contribution in [1.29, 1.82) is 0 Å². The number of hydrogen-bond acceptors (Lipinski definition) is 5. The summed E-state index contributed by atoms with van der Waals surface area (Å²) in [7, 11) is 0. The fourth-order valence-electron chi connectivity index (χ4n) is 5.20. The van der Waals surface area contributed by atoms with Gasteiger partial charge in [-0.05, 0) is 23.6 Å². The highest BCUT2D eigenvalue weighted by molar-refractivity contribution is 6.30. The van der Waals surface area contributed by atoms with Gasteiger partial charge in [0, 0.05) is 0 Å². The van der Waals surface area contributed by atoms with Crippen LogP contribution in [-0.2, 0) is 14.4 Å². The summed E-state index contributed by atoms with van der Waals surface area (Å²) in [5, 5.41) is 8.40. The van der Waals surface area contributed by atoms with Crippen LogP contribution in [0.15, 0.2) is 30.3 Å². The van der Waals surface area contributed by atoms with E-state index >= 15 is 17.6 Å². The van der Waals surface area contributed by atoms with Gasteiger partial charge in [0.05, 0.1) is 0 Å². The van der Waals surface area contributed by atoms with Crippen LogP contribution in [0.5, 0.6) is 0 Å². The topological polar surface area (TPSA) is 97.6 Å². The molecule has 1 saturated carbocycles. The summed E-state index contributed by atoms with van der Waals surface area (Å²) in [6.45, 7) is 1.78. The smallest absolute Gasteiger partial charge is 0.291 e. The Bertz CT molecular complexity index is 1410. The first kappa shape index (κ1) is 43.5. The minimum atomic E-state index is -8.87. The molecule has 0 bridgehead atoms. The molecule has 0 saturated heterocycles. The highest BCUT2D eigenvalue weighted by atomic mass is 19.4. The molecule has 1 amide bonds. The predicted octanol–water partition coefficient (Wildman–Crippen LogP) is 8.96. The van der Waals surface area contributed by atoms with Crippen molar-refractivity contribution in [2.75, 3.05) is 5.01 Å². The van der Waals surface area contributed by atoms with E-state index in [2.05, 4.69) is 0 Å². The van der Waals surface area contributed by atoms with E-state index in [1.54, 1.807) is 6.92 Å². The lowest BCUT2D eigenvalue weighted by atomic mass is 9.68. The molecule has 1 aromatic carbocycles. The molecule has 51 heavy (non-hydrogen) atoms. The fourth-order valence-corrected chi connectivity index (χ4v) is 5.20. The Labute approximate surface area is 276 Å². The molecule has 0 radical (unpaired) electrons. The van der Waals surface area contributed by atoms with Gasteiger partial charge in [0.15, 0.2) is 10.4 Å². The predicted molar refractivity (Wildman–Crippen MR) is 140 cm³/mol. The number of alkyl halides is 16. The largest absolute Gasteiger partial charge is 0.385 e. The van der Waals surface area contributed by atoms with Gasteiger partial charge in [-0.2, -0.15) is 70.2 Å². The zero-order valence-electron chi connectivity index (χ0n) is 25.7. The maximum Gasteiger partial charge on any atom is 0.385 e. The second-order valence-electron chi connectivity index (χ2n) is 11.6. The number of unbranched alkanes of at least 4 members (excludes halogenated alkanes) is 7. The molecule has 1 fully saturated rings. The molecule has 1 aliphatic carbocycles. The zero-order valence-corrected chi connectivity index (χ0v) is 25.7. The van der Waals surface area contributed by atoms with Crippen LogP contribution < -0.4 is 5.01 Å². The van der Waals surface area contributed by atoms with E-state index in [9.17, 15) is 77.2 Å². The van der Waals surface area contributed by atoms with Crippen molar-refractivity contribution in [2.24, 2.45) is 5.41 Å². The third kappa shape index (κ3) is 6.28. The summed E-state index contributed by atoms with van der Waals surface area (Å²) in [4.78, 5) is 52.1. The van der Waals surface area contributed by atoms with Gasteiger partial charge in [-0.3, -0.25) is 14.4 Å². The molecule has 1 aromatic rings. The van der Waals surface area contributed by atoms with Gasteiger partial charge in [0.2, 0.25) is 11.6 Å². The van der Waals surface area contributed by atoms with Gasteiger partial charge in [-0.15, -0.1) is 0 Å². The van der Waals surface area contributed by atoms with Crippen molar-refractivity contribution >= 4 is 23.2 Å². The van der Waals surface area contributed by atoms with E-state index in [1.807, 2.05) is 0 Å². The highest BCUT2D eigenvalue weighted by Gasteiger charge is 2.98. The Morgan fingerprint density at radius 1 is 0.588 bits per heavy atom. The first-order valence-corrected chi connectivity index (χ1v) is 14.6. The molecule has 23 heteroatoms. The number of benzene rings is 1. The molecular weight excluding hydrogens is 748 g/mol. The van der Waals surface area contributed by atoms with E-state index < -0.39 is 105 Å². The average Bonchev–Trinajstić information content (AvgIpc) is 3.02. The van der Waals surface area contributed by atoms with E-state index in [-0.39, 0.29) is 12.8 Å². The Hall–Kier alpha value is -3.69. The normalized spacial score (nSPS) is 23.9. The number of rotatable bonds is 12. The quantitative estimate of drug-likeness (QED) is 0.0695. The molecular formula is C28H26F16N2O5. The second kappa shape index (κ2) is 14.0. The standard InChI is InChI=1S/C28H26F16N2O5/c1-2-3-4-5-6-7-8-12-15-20(19(49)45(46(50)51)16-13-10-9-11-14-16)17(47)21(29,30)23(33,34)25(37,38)27(41,42)28(43,44)26(39,40)24(35,36)22(31,32)18(20)48/h9-11,13-14H,2-8,12,15H2,1H3. The summed E-state index contributed by atoms with van der Waals surface area (Å²) < 4.78 is 236. The Kier molecular flexibility index (Phi) is 12.0. The minimum Gasteiger partial charge on any atom is -0.291 e. The van der Waals surface area contributed by atoms with E-state index in [0.29, 0.717) is 37.8 Å². The monoisotopic (exact) mass is 774 g/mol. The first-order chi connectivity index (χ1) is 23.0. The van der Waals surface area contributed by atoms with Crippen molar-refractivity contribution in [3.63, 3.8) is 0 Å². The summed E-state index contributed by atoms with van der Waals surface area (Å²) in [5.74, 6) is -81.2. The van der Waals surface area contributed by atoms with Crippen molar-refractivity contribution in [3.8, 4) is 0 Å². The fraction of sp³-hybridized carbons (Fsp3) is 0.679. The molecule has 290 valence electrons. The van der Waals surface area contributed by atoms with Crippen LogP contribution in [0.1, 0.15) is 64.7 Å². The van der Waals surface area contributed by atoms with Crippen LogP contribution >= 0.6 is 0 Å². The van der Waals surface area contributed by atoms with Crippen LogP contribution in [0.2, 0.25) is 0 Å². The number of ketones is 2. The Morgan fingerprint density at radius 3 is 1.27 bits per heavy atom. The molecule has 0 spiro atoms. The Morgan fingerprint density at radius 2 is 0.922 bits per heavy atom. The maximum absolute atomic E-state index is 15.4. The van der Waals surface area contributed by atoms with Crippen LogP contribution in [0, 0.1) is 15.5 Å². The number of para-hydroxylation sites is 1. The number of halogens is 16. The number of carbonyl (C=O) groups excluding carboxylic acids is 3. The number of anilines is 1. The number of nitrogens with zero attached hydrogens (tertiary/aromatic N) is 2. The van der Waals surface area contributed by atoms with Crippen molar-refractivity contribution in [1.82, 2.24) is 0 Å². The zero-order chi connectivity index (χ0) is 39.9. The van der Waals surface area contributed by atoms with Gasteiger partial charge < -0.3 is 0 Å². The van der Waals surface area contributed by atoms with Crippen LogP contribution in [0.4, 0.5) is 75.9 Å². The van der Waals surface area contributed by atoms with Crippen molar-refractivity contribution in [3.05, 3.63) is 40.4 Å². The molecule has 7 nitrogen and oxygen atoms in total. The molecule has 0 unspecified atom stereocenters. The van der Waals surface area contributed by atoms with E-state index in [4.69, 9.17) is 0 Å². The first-order valence-electron chi connectivity index (χ1n) is 14.6. The van der Waals surface area contributed by atoms with E-state index in [1.165, 1.54) is 0 Å². The highest BCUT2D eigenvalue weighted by Crippen LogP contribution is 2.66. The molecule has 0 heterocycles. The molecule has 2 rings (SSSR count). The third-order valence-corrected chi connectivity index (χ3v) is 8.23.